The summed E-state index contributed by atoms with van der Waals surface area (Å²) in [6.45, 7) is 9.44. The van der Waals surface area contributed by atoms with Crippen LogP contribution in [0.15, 0.2) is 30.5 Å². The van der Waals surface area contributed by atoms with Crippen LogP contribution in [0.3, 0.4) is 0 Å². The quantitative estimate of drug-likeness (QED) is 0.584. The van der Waals surface area contributed by atoms with Crippen LogP contribution in [0.2, 0.25) is 0 Å². The average molecular weight is 542 g/mol. The van der Waals surface area contributed by atoms with E-state index in [1.807, 2.05) is 38.1 Å². The number of benzene rings is 1. The molecule has 0 saturated carbocycles. The van der Waals surface area contributed by atoms with E-state index in [1.165, 1.54) is 0 Å². The molecule has 0 spiro atoms. The molecule has 3 heterocycles. The Morgan fingerprint density at radius 2 is 1.90 bits per heavy atom. The third-order valence-electron chi connectivity index (χ3n) is 7.92. The summed E-state index contributed by atoms with van der Waals surface area (Å²) in [6, 6.07) is 7.53. The van der Waals surface area contributed by atoms with Gasteiger partial charge in [-0.1, -0.05) is 12.1 Å². The zero-order chi connectivity index (χ0) is 27.9. The number of rotatable bonds is 6. The van der Waals surface area contributed by atoms with Crippen molar-refractivity contribution in [1.82, 2.24) is 29.7 Å². The maximum atomic E-state index is 13.4. The number of anilines is 1. The SMILES string of the molecule is C[C@H]1CN([C@@H](C)CO)C(=O)CCCn2nncc2CO[C@@H]1CN(C)C(=O)c1ccc(N2CCN(C)CC2)cc1. The topological polar surface area (TPSA) is 107 Å². The van der Waals surface area contributed by atoms with E-state index in [2.05, 4.69) is 27.2 Å². The van der Waals surface area contributed by atoms with Crippen LogP contribution in [-0.4, -0.2) is 119 Å². The summed E-state index contributed by atoms with van der Waals surface area (Å²) in [7, 11) is 3.92. The third kappa shape index (κ3) is 7.34. The fourth-order valence-corrected chi connectivity index (χ4v) is 5.20. The first-order chi connectivity index (χ1) is 18.8. The molecule has 1 fully saturated rings. The molecule has 1 N–H and O–H groups in total. The predicted octanol–water partition coefficient (Wildman–Crippen LogP) is 1.33. The number of aliphatic hydroxyl groups excluding tert-OH is 1. The molecule has 0 radical (unpaired) electrons. The van der Waals surface area contributed by atoms with Gasteiger partial charge in [-0.25, -0.2) is 4.68 Å². The minimum atomic E-state index is -0.340. The van der Waals surface area contributed by atoms with Gasteiger partial charge in [-0.2, -0.15) is 0 Å². The maximum Gasteiger partial charge on any atom is 0.253 e. The third-order valence-corrected chi connectivity index (χ3v) is 7.92. The Balaban J connectivity index is 1.47. The number of aliphatic hydroxyl groups is 1. The van der Waals surface area contributed by atoms with Crippen LogP contribution in [0.1, 0.15) is 42.7 Å². The van der Waals surface area contributed by atoms with Crippen LogP contribution in [0.5, 0.6) is 0 Å². The average Bonchev–Trinajstić information content (AvgIpc) is 3.39. The van der Waals surface area contributed by atoms with E-state index in [-0.39, 0.29) is 36.5 Å². The van der Waals surface area contributed by atoms with Crippen LogP contribution in [-0.2, 0) is 22.7 Å². The highest BCUT2D eigenvalue weighted by molar-refractivity contribution is 5.94. The lowest BCUT2D eigenvalue weighted by Crippen LogP contribution is -2.48. The number of hydrogen-bond acceptors (Lipinski definition) is 8. The molecule has 39 heavy (non-hydrogen) atoms. The summed E-state index contributed by atoms with van der Waals surface area (Å²) < 4.78 is 8.14. The van der Waals surface area contributed by atoms with Gasteiger partial charge in [-0.3, -0.25) is 9.59 Å². The van der Waals surface area contributed by atoms with Gasteiger partial charge in [0.1, 0.15) is 0 Å². The summed E-state index contributed by atoms with van der Waals surface area (Å²) in [5, 5.41) is 18.0. The molecule has 214 valence electrons. The molecule has 1 aromatic carbocycles. The molecule has 1 saturated heterocycles. The molecule has 4 rings (SSSR count). The minimum Gasteiger partial charge on any atom is -0.394 e. The number of piperazine rings is 1. The van der Waals surface area contributed by atoms with Crippen molar-refractivity contribution in [3.63, 3.8) is 0 Å². The molecule has 0 aliphatic carbocycles. The highest BCUT2D eigenvalue weighted by Gasteiger charge is 2.29. The van der Waals surface area contributed by atoms with Crippen molar-refractivity contribution in [2.45, 2.75) is 52.0 Å². The van der Waals surface area contributed by atoms with Gasteiger partial charge in [0.05, 0.1) is 37.3 Å². The van der Waals surface area contributed by atoms with Gasteiger partial charge >= 0.3 is 0 Å². The molecule has 11 heteroatoms. The molecule has 2 aromatic rings. The zero-order valence-corrected chi connectivity index (χ0v) is 23.7. The Labute approximate surface area is 231 Å². The van der Waals surface area contributed by atoms with Crippen molar-refractivity contribution in [3.05, 3.63) is 41.7 Å². The van der Waals surface area contributed by atoms with Crippen LogP contribution in [0.25, 0.3) is 0 Å². The van der Waals surface area contributed by atoms with Gasteiger partial charge in [-0.05, 0) is 44.7 Å². The van der Waals surface area contributed by atoms with Crippen molar-refractivity contribution in [2.75, 3.05) is 64.9 Å². The molecule has 11 nitrogen and oxygen atoms in total. The monoisotopic (exact) mass is 541 g/mol. The highest BCUT2D eigenvalue weighted by atomic mass is 16.5. The number of hydrogen-bond donors (Lipinski definition) is 1. The molecule has 2 amide bonds. The van der Waals surface area contributed by atoms with E-state index in [9.17, 15) is 14.7 Å². The number of fused-ring (bicyclic) bond motifs is 1. The zero-order valence-electron chi connectivity index (χ0n) is 23.7. The Kier molecular flexibility index (Phi) is 9.93. The Hall–Kier alpha value is -3.02. The second-order valence-corrected chi connectivity index (χ2v) is 11.0. The molecular weight excluding hydrogens is 498 g/mol. The van der Waals surface area contributed by atoms with Gasteiger partial charge < -0.3 is 29.4 Å². The smallest absolute Gasteiger partial charge is 0.253 e. The maximum absolute atomic E-state index is 13.4. The van der Waals surface area contributed by atoms with Crippen LogP contribution in [0, 0.1) is 5.92 Å². The van der Waals surface area contributed by atoms with Gasteiger partial charge in [0.15, 0.2) is 0 Å². The number of likely N-dealkylation sites (N-methyl/N-ethyl adjacent to an activating group) is 2. The predicted molar refractivity (Wildman–Crippen MR) is 148 cm³/mol. The first-order valence-electron chi connectivity index (χ1n) is 13.9. The van der Waals surface area contributed by atoms with Crippen LogP contribution in [0.4, 0.5) is 5.69 Å². The number of ether oxygens (including phenoxy) is 1. The number of carbonyl (C=O) groups excluding carboxylic acids is 2. The summed E-state index contributed by atoms with van der Waals surface area (Å²) in [6.07, 6.45) is 2.34. The molecular formula is C28H43N7O4. The van der Waals surface area contributed by atoms with Gasteiger partial charge in [0.2, 0.25) is 5.91 Å². The number of aromatic nitrogens is 3. The van der Waals surface area contributed by atoms with Gasteiger partial charge in [-0.15, -0.1) is 5.10 Å². The summed E-state index contributed by atoms with van der Waals surface area (Å²) >= 11 is 0. The van der Waals surface area contributed by atoms with Crippen molar-refractivity contribution in [2.24, 2.45) is 5.92 Å². The van der Waals surface area contributed by atoms with Crippen molar-refractivity contribution in [1.29, 1.82) is 0 Å². The molecule has 2 aliphatic heterocycles. The van der Waals surface area contributed by atoms with Crippen molar-refractivity contribution >= 4 is 17.5 Å². The van der Waals surface area contributed by atoms with E-state index in [4.69, 9.17) is 4.74 Å². The van der Waals surface area contributed by atoms with E-state index >= 15 is 0 Å². The highest BCUT2D eigenvalue weighted by Crippen LogP contribution is 2.21. The normalized spacial score (nSPS) is 22.5. The molecule has 1 aromatic heterocycles. The summed E-state index contributed by atoms with van der Waals surface area (Å²) in [5.41, 5.74) is 2.60. The first kappa shape index (κ1) is 29.0. The Bertz CT molecular complexity index is 1080. The summed E-state index contributed by atoms with van der Waals surface area (Å²) in [4.78, 5) is 34.5. The lowest BCUT2D eigenvalue weighted by atomic mass is 10.0. The lowest BCUT2D eigenvalue weighted by molar-refractivity contribution is -0.136. The second kappa shape index (κ2) is 13.4. The standard InChI is InChI=1S/C28H43N7O4/c1-21-17-34(22(2)19-36)27(37)6-5-11-35-25(16-29-30-35)20-39-26(21)18-32(4)28(38)23-7-9-24(10-8-23)33-14-12-31(3)13-15-33/h7-10,16,21-22,26,36H,5-6,11-15,17-20H2,1-4H3/t21-,22-,26+/m0/s1. The minimum absolute atomic E-state index is 0.00531. The van der Waals surface area contributed by atoms with Gasteiger partial charge in [0, 0.05) is 76.5 Å². The van der Waals surface area contributed by atoms with Crippen LogP contribution < -0.4 is 4.90 Å². The molecule has 0 unspecified atom stereocenters. The van der Waals surface area contributed by atoms with E-state index in [1.54, 1.807) is 27.7 Å². The van der Waals surface area contributed by atoms with Gasteiger partial charge in [0.25, 0.3) is 5.91 Å². The lowest BCUT2D eigenvalue weighted by Gasteiger charge is -2.35. The number of aryl methyl sites for hydroxylation is 1. The number of nitrogens with zero attached hydrogens (tertiary/aromatic N) is 7. The van der Waals surface area contributed by atoms with E-state index < -0.39 is 0 Å². The number of carbonyl (C=O) groups is 2. The first-order valence-corrected chi connectivity index (χ1v) is 13.9. The van der Waals surface area contributed by atoms with Crippen molar-refractivity contribution in [3.8, 4) is 0 Å². The van der Waals surface area contributed by atoms with E-state index in [0.29, 0.717) is 44.6 Å². The summed E-state index contributed by atoms with van der Waals surface area (Å²) in [5.74, 6) is -0.166. The second-order valence-electron chi connectivity index (χ2n) is 11.0. The fourth-order valence-electron chi connectivity index (χ4n) is 5.20. The van der Waals surface area contributed by atoms with E-state index in [0.717, 1.165) is 37.6 Å². The van der Waals surface area contributed by atoms with Crippen LogP contribution >= 0.6 is 0 Å². The molecule has 3 atom stereocenters. The number of amides is 2. The van der Waals surface area contributed by atoms with Crippen molar-refractivity contribution < 1.29 is 19.4 Å². The molecule has 2 aliphatic rings. The Morgan fingerprint density at radius 1 is 1.18 bits per heavy atom. The molecule has 0 bridgehead atoms. The largest absolute Gasteiger partial charge is 0.394 e. The fraction of sp³-hybridized carbons (Fsp3) is 0.643. The Morgan fingerprint density at radius 3 is 2.59 bits per heavy atom.